The van der Waals surface area contributed by atoms with E-state index in [1.807, 2.05) is 29.2 Å². The molecule has 2 aromatic carbocycles. The fourth-order valence-corrected chi connectivity index (χ4v) is 8.75. The number of nitrogens with two attached hydrogens (primary N) is 1. The van der Waals surface area contributed by atoms with E-state index in [0.29, 0.717) is 58.7 Å². The van der Waals surface area contributed by atoms with E-state index in [4.69, 9.17) is 17.3 Å². The highest BCUT2D eigenvalue weighted by Gasteiger charge is 2.40. The van der Waals surface area contributed by atoms with Crippen LogP contribution in [-0.2, 0) is 28.6 Å². The lowest BCUT2D eigenvalue weighted by molar-refractivity contribution is -0.144. The fourth-order valence-electron chi connectivity index (χ4n) is 8.51. The number of carbonyl (C=O) groups excluding carboxylic acids is 3. The molecule has 0 saturated carbocycles. The van der Waals surface area contributed by atoms with E-state index >= 15 is 0 Å². The van der Waals surface area contributed by atoms with Gasteiger partial charge in [0.05, 0.1) is 22.2 Å². The summed E-state index contributed by atoms with van der Waals surface area (Å²) in [5, 5.41) is 6.21. The van der Waals surface area contributed by atoms with Crippen molar-refractivity contribution in [2.75, 3.05) is 70.0 Å². The first-order valence-electron chi connectivity index (χ1n) is 18.2. The number of nitrogens with one attached hydrogen (secondary N) is 2. The highest BCUT2D eigenvalue weighted by molar-refractivity contribution is 6.33. The molecule has 0 unspecified atom stereocenters. The maximum absolute atomic E-state index is 14.2. The maximum atomic E-state index is 14.2. The Morgan fingerprint density at radius 2 is 1.69 bits per heavy atom. The van der Waals surface area contributed by atoms with Gasteiger partial charge in [-0.1, -0.05) is 36.7 Å². The number of urea groups is 1. The molecule has 0 aliphatic carbocycles. The van der Waals surface area contributed by atoms with Gasteiger partial charge in [-0.3, -0.25) is 14.5 Å². The van der Waals surface area contributed by atoms with Crippen LogP contribution >= 0.6 is 11.6 Å². The first-order chi connectivity index (χ1) is 24.4. The molecule has 2 aromatic rings. The maximum Gasteiger partial charge on any atom is 0.418 e. The van der Waals surface area contributed by atoms with Gasteiger partial charge in [0.15, 0.2) is 0 Å². The van der Waals surface area contributed by atoms with Crippen molar-refractivity contribution in [3.63, 3.8) is 0 Å². The number of amides is 4. The number of halogens is 4. The molecule has 3 saturated heterocycles. The second-order valence-electron chi connectivity index (χ2n) is 14.4. The summed E-state index contributed by atoms with van der Waals surface area (Å²) in [6.07, 6.45) is 0.0687. The molecule has 1 atom stereocenters. The van der Waals surface area contributed by atoms with E-state index in [0.717, 1.165) is 56.1 Å². The molecule has 10 nitrogen and oxygen atoms in total. The standard InChI is InChI=1S/C37H49ClF3N7O3/c1-2-36(10-12-43-13-11-36)47-19-17-46(18-20-47)34(50)27(21-25-22-29(37(39,40)41)33(42)30(38)23-25)24-32(49)45-14-8-28(9-15-45)48-16-7-26-5-3-4-6-31(26)44-35(48)51/h3-6,22-23,27-28,43H,2,7-21,24,42H2,1H3,(H,44,51)/t27-/m0/s1. The molecule has 3 fully saturated rings. The Morgan fingerprint density at radius 3 is 2.35 bits per heavy atom. The number of benzene rings is 2. The molecule has 4 heterocycles. The molecule has 0 spiro atoms. The van der Waals surface area contributed by atoms with E-state index in [1.165, 1.54) is 6.07 Å². The molecule has 4 N–H and O–H groups in total. The van der Waals surface area contributed by atoms with Gasteiger partial charge in [-0.2, -0.15) is 13.2 Å². The molecule has 14 heteroatoms. The second kappa shape index (κ2) is 15.6. The number of carbonyl (C=O) groups is 3. The van der Waals surface area contributed by atoms with Gasteiger partial charge < -0.3 is 31.1 Å². The Kier molecular flexibility index (Phi) is 11.4. The lowest BCUT2D eigenvalue weighted by Crippen LogP contribution is -2.61. The van der Waals surface area contributed by atoms with Crippen molar-refractivity contribution in [1.82, 2.24) is 24.9 Å². The third kappa shape index (κ3) is 8.25. The number of alkyl halides is 3. The number of likely N-dealkylation sites (tertiary alicyclic amines) is 1. The predicted octanol–water partition coefficient (Wildman–Crippen LogP) is 5.25. The van der Waals surface area contributed by atoms with Crippen molar-refractivity contribution < 1.29 is 27.6 Å². The van der Waals surface area contributed by atoms with Crippen LogP contribution in [0.3, 0.4) is 0 Å². The van der Waals surface area contributed by atoms with Crippen LogP contribution in [0.1, 0.15) is 62.1 Å². The van der Waals surface area contributed by atoms with Crippen molar-refractivity contribution >= 4 is 40.8 Å². The number of rotatable bonds is 8. The third-order valence-electron chi connectivity index (χ3n) is 11.6. The minimum absolute atomic E-state index is 0.0406. The average Bonchev–Trinajstić information content (AvgIpc) is 3.30. The van der Waals surface area contributed by atoms with Crippen LogP contribution in [0.2, 0.25) is 5.02 Å². The van der Waals surface area contributed by atoms with Gasteiger partial charge in [0.25, 0.3) is 0 Å². The zero-order chi connectivity index (χ0) is 36.3. The van der Waals surface area contributed by atoms with E-state index in [1.54, 1.807) is 9.80 Å². The molecule has 4 aliphatic rings. The summed E-state index contributed by atoms with van der Waals surface area (Å²) in [4.78, 5) is 49.0. The molecule has 0 aromatic heterocycles. The monoisotopic (exact) mass is 731 g/mol. The smallest absolute Gasteiger partial charge is 0.397 e. The number of hydrogen-bond donors (Lipinski definition) is 3. The van der Waals surface area contributed by atoms with Gasteiger partial charge in [-0.05, 0) is 87.4 Å². The molecule has 0 bridgehead atoms. The Hall–Kier alpha value is -3.55. The lowest BCUT2D eigenvalue weighted by Gasteiger charge is -2.50. The lowest BCUT2D eigenvalue weighted by atomic mass is 9.83. The number of hydrogen-bond acceptors (Lipinski definition) is 6. The van der Waals surface area contributed by atoms with E-state index in [2.05, 4.69) is 22.5 Å². The summed E-state index contributed by atoms with van der Waals surface area (Å²) in [5.41, 5.74) is 6.29. The average molecular weight is 732 g/mol. The quantitative estimate of drug-likeness (QED) is 0.320. The second-order valence-corrected chi connectivity index (χ2v) is 14.8. The molecule has 6 rings (SSSR count). The number of para-hydroxylation sites is 1. The molecule has 4 aliphatic heterocycles. The van der Waals surface area contributed by atoms with Crippen LogP contribution < -0.4 is 16.4 Å². The third-order valence-corrected chi connectivity index (χ3v) is 11.9. The SMILES string of the molecule is CCC1(N2CCN(C(=O)[C@H](CC(=O)N3CCC(N4CCc5ccccc5NC4=O)CC3)Cc3cc(Cl)c(N)c(C(F)(F)F)c3)CC2)CCNCC1. The molecule has 278 valence electrons. The number of nitrogens with zero attached hydrogens (tertiary/aromatic N) is 4. The molecular formula is C37H49ClF3N7O3. The highest BCUT2D eigenvalue weighted by Crippen LogP contribution is 2.39. The number of nitrogen functional groups attached to an aromatic ring is 1. The van der Waals surface area contributed by atoms with Crippen LogP contribution in [0, 0.1) is 5.92 Å². The van der Waals surface area contributed by atoms with E-state index < -0.39 is 23.3 Å². The van der Waals surface area contributed by atoms with Crippen molar-refractivity contribution in [1.29, 1.82) is 0 Å². The summed E-state index contributed by atoms with van der Waals surface area (Å²) in [6.45, 7) is 7.91. The Bertz CT molecular complexity index is 1590. The Balaban J connectivity index is 1.14. The summed E-state index contributed by atoms with van der Waals surface area (Å²) in [7, 11) is 0. The van der Waals surface area contributed by atoms with Crippen LogP contribution in [0.15, 0.2) is 36.4 Å². The zero-order valence-electron chi connectivity index (χ0n) is 29.2. The van der Waals surface area contributed by atoms with Gasteiger partial charge in [-0.25, -0.2) is 4.79 Å². The topological polar surface area (TPSA) is 114 Å². The fraction of sp³-hybridized carbons (Fsp3) is 0.595. The normalized spacial score (nSPS) is 21.1. The van der Waals surface area contributed by atoms with Crippen molar-refractivity contribution in [2.24, 2.45) is 5.92 Å². The molecule has 0 radical (unpaired) electrons. The summed E-state index contributed by atoms with van der Waals surface area (Å²) < 4.78 is 41.6. The predicted molar refractivity (Wildman–Crippen MR) is 191 cm³/mol. The van der Waals surface area contributed by atoms with Crippen molar-refractivity contribution in [2.45, 2.75) is 76.0 Å². The molecule has 51 heavy (non-hydrogen) atoms. The molecular weight excluding hydrogens is 683 g/mol. The van der Waals surface area contributed by atoms with Crippen LogP contribution in [0.4, 0.5) is 29.3 Å². The first kappa shape index (κ1) is 37.2. The van der Waals surface area contributed by atoms with Gasteiger partial charge in [-0.15, -0.1) is 0 Å². The summed E-state index contributed by atoms with van der Waals surface area (Å²) >= 11 is 6.17. The van der Waals surface area contributed by atoms with Crippen LogP contribution in [0.25, 0.3) is 0 Å². The van der Waals surface area contributed by atoms with Gasteiger partial charge in [0, 0.05) is 69.5 Å². The number of anilines is 2. The van der Waals surface area contributed by atoms with Crippen molar-refractivity contribution in [3.8, 4) is 0 Å². The van der Waals surface area contributed by atoms with Gasteiger partial charge in [0.2, 0.25) is 11.8 Å². The number of fused-ring (bicyclic) bond motifs is 1. The van der Waals surface area contributed by atoms with Gasteiger partial charge in [0.1, 0.15) is 0 Å². The summed E-state index contributed by atoms with van der Waals surface area (Å²) in [6, 6.07) is 9.88. The zero-order valence-corrected chi connectivity index (χ0v) is 30.0. The Labute approximate surface area is 302 Å². The first-order valence-corrected chi connectivity index (χ1v) is 18.6. The highest BCUT2D eigenvalue weighted by atomic mass is 35.5. The van der Waals surface area contributed by atoms with Crippen molar-refractivity contribution in [3.05, 3.63) is 58.1 Å². The minimum atomic E-state index is -4.73. The minimum Gasteiger partial charge on any atom is -0.397 e. The van der Waals surface area contributed by atoms with Crippen LogP contribution in [-0.4, -0.2) is 108 Å². The van der Waals surface area contributed by atoms with E-state index in [9.17, 15) is 27.6 Å². The number of piperidine rings is 2. The van der Waals surface area contributed by atoms with E-state index in [-0.39, 0.29) is 52.9 Å². The molecule has 4 amide bonds. The van der Waals surface area contributed by atoms with Crippen LogP contribution in [0.5, 0.6) is 0 Å². The van der Waals surface area contributed by atoms with Gasteiger partial charge >= 0.3 is 12.2 Å². The largest absolute Gasteiger partial charge is 0.418 e. The Morgan fingerprint density at radius 1 is 1.00 bits per heavy atom. The number of piperazine rings is 1. The summed E-state index contributed by atoms with van der Waals surface area (Å²) in [5.74, 6) is -1.34.